The van der Waals surface area contributed by atoms with Crippen LogP contribution in [0.25, 0.3) is 0 Å². The van der Waals surface area contributed by atoms with E-state index in [-0.39, 0.29) is 5.91 Å². The summed E-state index contributed by atoms with van der Waals surface area (Å²) in [5.41, 5.74) is 1.98. The average Bonchev–Trinajstić information content (AvgIpc) is 2.67. The molecule has 1 saturated heterocycles. The minimum absolute atomic E-state index is 0.0405. The third-order valence-electron chi connectivity index (χ3n) is 4.65. The van der Waals surface area contributed by atoms with E-state index in [0.717, 1.165) is 25.9 Å². The maximum Gasteiger partial charge on any atom is 0.254 e. The summed E-state index contributed by atoms with van der Waals surface area (Å²) in [6, 6.07) is 15.9. The van der Waals surface area contributed by atoms with E-state index in [2.05, 4.69) is 24.3 Å². The van der Waals surface area contributed by atoms with Crippen molar-refractivity contribution in [3.63, 3.8) is 0 Å². The number of amides is 1. The number of hydrogen-bond acceptors (Lipinski definition) is 3. The molecule has 1 aliphatic heterocycles. The van der Waals surface area contributed by atoms with Gasteiger partial charge in [0.15, 0.2) is 0 Å². The van der Waals surface area contributed by atoms with Crippen molar-refractivity contribution < 1.29 is 14.3 Å². The largest absolute Gasteiger partial charge is 0.497 e. The maximum absolute atomic E-state index is 12.8. The molecule has 0 N–H and O–H groups in total. The summed E-state index contributed by atoms with van der Waals surface area (Å²) >= 11 is 0. The van der Waals surface area contributed by atoms with Crippen molar-refractivity contribution in [2.45, 2.75) is 18.8 Å². The topological polar surface area (TPSA) is 38.8 Å². The van der Waals surface area contributed by atoms with Crippen LogP contribution < -0.4 is 9.47 Å². The van der Waals surface area contributed by atoms with E-state index in [1.165, 1.54) is 5.56 Å². The molecule has 1 heterocycles. The first kappa shape index (κ1) is 16.4. The molecule has 1 amide bonds. The van der Waals surface area contributed by atoms with Crippen LogP contribution in [0.2, 0.25) is 0 Å². The van der Waals surface area contributed by atoms with Crippen LogP contribution >= 0.6 is 0 Å². The molecule has 0 saturated carbocycles. The second-order valence-corrected chi connectivity index (χ2v) is 6.08. The third kappa shape index (κ3) is 3.53. The summed E-state index contributed by atoms with van der Waals surface area (Å²) in [6.45, 7) is 1.55. The summed E-state index contributed by atoms with van der Waals surface area (Å²) < 4.78 is 10.5. The molecular formula is C20H23NO3. The summed E-state index contributed by atoms with van der Waals surface area (Å²) in [6.07, 6.45) is 1.99. The highest BCUT2D eigenvalue weighted by Gasteiger charge is 2.25. The zero-order valence-electron chi connectivity index (χ0n) is 14.2. The van der Waals surface area contributed by atoms with Gasteiger partial charge in [-0.2, -0.15) is 0 Å². The highest BCUT2D eigenvalue weighted by molar-refractivity contribution is 5.95. The van der Waals surface area contributed by atoms with Crippen molar-refractivity contribution in [3.05, 3.63) is 59.7 Å². The van der Waals surface area contributed by atoms with E-state index < -0.39 is 0 Å². The van der Waals surface area contributed by atoms with Gasteiger partial charge in [0.2, 0.25) is 0 Å². The van der Waals surface area contributed by atoms with Crippen molar-refractivity contribution in [1.82, 2.24) is 4.90 Å². The van der Waals surface area contributed by atoms with Crippen LogP contribution in [0.3, 0.4) is 0 Å². The smallest absolute Gasteiger partial charge is 0.254 e. The number of hydrogen-bond donors (Lipinski definition) is 0. The third-order valence-corrected chi connectivity index (χ3v) is 4.65. The molecule has 0 aliphatic carbocycles. The number of ether oxygens (including phenoxy) is 2. The highest BCUT2D eigenvalue weighted by atomic mass is 16.5. The van der Waals surface area contributed by atoms with E-state index in [4.69, 9.17) is 9.47 Å². The summed E-state index contributed by atoms with van der Waals surface area (Å²) in [7, 11) is 3.18. The van der Waals surface area contributed by atoms with Gasteiger partial charge in [-0.15, -0.1) is 0 Å². The van der Waals surface area contributed by atoms with Gasteiger partial charge in [-0.05, 0) is 36.5 Å². The Kier molecular flexibility index (Phi) is 5.04. The van der Waals surface area contributed by atoms with Gasteiger partial charge in [0.25, 0.3) is 5.91 Å². The number of piperidine rings is 1. The lowest BCUT2D eigenvalue weighted by Crippen LogP contribution is -2.37. The molecule has 2 aromatic carbocycles. The van der Waals surface area contributed by atoms with Gasteiger partial charge in [-0.3, -0.25) is 4.79 Å². The molecule has 1 fully saturated rings. The summed E-state index contributed by atoms with van der Waals surface area (Å²) in [4.78, 5) is 14.7. The number of likely N-dealkylation sites (tertiary alicyclic amines) is 1. The lowest BCUT2D eigenvalue weighted by Gasteiger charge is -2.32. The van der Waals surface area contributed by atoms with Crippen LogP contribution in [0, 0.1) is 0 Å². The Morgan fingerprint density at radius 3 is 2.08 bits per heavy atom. The second-order valence-electron chi connectivity index (χ2n) is 6.08. The molecule has 0 atom stereocenters. The van der Waals surface area contributed by atoms with Gasteiger partial charge in [-0.25, -0.2) is 0 Å². The second kappa shape index (κ2) is 7.39. The minimum Gasteiger partial charge on any atom is -0.497 e. The fourth-order valence-electron chi connectivity index (χ4n) is 3.25. The van der Waals surface area contributed by atoms with Gasteiger partial charge in [0, 0.05) is 24.7 Å². The minimum atomic E-state index is 0.0405. The first-order chi connectivity index (χ1) is 11.7. The molecule has 4 heteroatoms. The van der Waals surface area contributed by atoms with E-state index >= 15 is 0 Å². The Hall–Kier alpha value is -2.49. The van der Waals surface area contributed by atoms with Crippen molar-refractivity contribution in [3.8, 4) is 11.5 Å². The Morgan fingerprint density at radius 1 is 0.958 bits per heavy atom. The van der Waals surface area contributed by atoms with Crippen LogP contribution in [0.1, 0.15) is 34.7 Å². The summed E-state index contributed by atoms with van der Waals surface area (Å²) in [5, 5.41) is 0. The van der Waals surface area contributed by atoms with Crippen molar-refractivity contribution >= 4 is 5.91 Å². The number of carbonyl (C=O) groups is 1. The van der Waals surface area contributed by atoms with Crippen LogP contribution in [-0.4, -0.2) is 38.1 Å². The number of rotatable bonds is 4. The number of benzene rings is 2. The van der Waals surface area contributed by atoms with Crippen molar-refractivity contribution in [2.75, 3.05) is 27.3 Å². The van der Waals surface area contributed by atoms with E-state index in [1.54, 1.807) is 32.4 Å². The Balaban J connectivity index is 1.69. The van der Waals surface area contributed by atoms with E-state index in [9.17, 15) is 4.79 Å². The zero-order chi connectivity index (χ0) is 16.9. The van der Waals surface area contributed by atoms with E-state index in [0.29, 0.717) is 23.0 Å². The molecule has 0 unspecified atom stereocenters. The Bertz CT molecular complexity index is 669. The highest BCUT2D eigenvalue weighted by Crippen LogP contribution is 2.29. The maximum atomic E-state index is 12.8. The fraction of sp³-hybridized carbons (Fsp3) is 0.350. The van der Waals surface area contributed by atoms with Crippen LogP contribution in [-0.2, 0) is 0 Å². The molecule has 2 aromatic rings. The van der Waals surface area contributed by atoms with Gasteiger partial charge < -0.3 is 14.4 Å². The van der Waals surface area contributed by atoms with Crippen LogP contribution in [0.4, 0.5) is 0 Å². The number of carbonyl (C=O) groups excluding carboxylic acids is 1. The van der Waals surface area contributed by atoms with Gasteiger partial charge in [0.05, 0.1) is 14.2 Å². The van der Waals surface area contributed by atoms with Crippen LogP contribution in [0.5, 0.6) is 11.5 Å². The van der Waals surface area contributed by atoms with Gasteiger partial charge in [0.1, 0.15) is 11.5 Å². The average molecular weight is 325 g/mol. The van der Waals surface area contributed by atoms with Gasteiger partial charge >= 0.3 is 0 Å². The van der Waals surface area contributed by atoms with Crippen molar-refractivity contribution in [2.24, 2.45) is 0 Å². The fourth-order valence-corrected chi connectivity index (χ4v) is 3.25. The first-order valence-electron chi connectivity index (χ1n) is 8.28. The molecule has 3 rings (SSSR count). The molecule has 24 heavy (non-hydrogen) atoms. The predicted molar refractivity (Wildman–Crippen MR) is 93.9 cm³/mol. The molecule has 1 aliphatic rings. The Morgan fingerprint density at radius 2 is 1.54 bits per heavy atom. The molecule has 0 spiro atoms. The molecule has 0 radical (unpaired) electrons. The lowest BCUT2D eigenvalue weighted by atomic mass is 9.89. The normalized spacial score (nSPS) is 15.2. The first-order valence-corrected chi connectivity index (χ1v) is 8.28. The lowest BCUT2D eigenvalue weighted by molar-refractivity contribution is 0.0712. The molecule has 0 bridgehead atoms. The quantitative estimate of drug-likeness (QED) is 0.860. The molecule has 0 aromatic heterocycles. The monoisotopic (exact) mass is 325 g/mol. The SMILES string of the molecule is COc1cc(OC)cc(C(=O)N2CCC(c3ccccc3)CC2)c1. The molecule has 126 valence electrons. The predicted octanol–water partition coefficient (Wildman–Crippen LogP) is 3.72. The van der Waals surface area contributed by atoms with Crippen molar-refractivity contribution in [1.29, 1.82) is 0 Å². The zero-order valence-corrected chi connectivity index (χ0v) is 14.2. The number of methoxy groups -OCH3 is 2. The molecular weight excluding hydrogens is 302 g/mol. The van der Waals surface area contributed by atoms with E-state index in [1.807, 2.05) is 11.0 Å². The number of nitrogens with zero attached hydrogens (tertiary/aromatic N) is 1. The Labute approximate surface area is 143 Å². The summed E-state index contributed by atoms with van der Waals surface area (Å²) in [5.74, 6) is 1.85. The standard InChI is InChI=1S/C20H23NO3/c1-23-18-12-17(13-19(14-18)24-2)20(22)21-10-8-16(9-11-21)15-6-4-3-5-7-15/h3-7,12-14,16H,8-11H2,1-2H3. The van der Waals surface area contributed by atoms with Crippen LogP contribution in [0.15, 0.2) is 48.5 Å². The van der Waals surface area contributed by atoms with Gasteiger partial charge in [-0.1, -0.05) is 30.3 Å². The molecule has 4 nitrogen and oxygen atoms in total.